The predicted octanol–water partition coefficient (Wildman–Crippen LogP) is 4.79. The fourth-order valence-corrected chi connectivity index (χ4v) is 3.95. The summed E-state index contributed by atoms with van der Waals surface area (Å²) in [6, 6.07) is 10.1. The lowest BCUT2D eigenvalue weighted by molar-refractivity contribution is -0.137. The summed E-state index contributed by atoms with van der Waals surface area (Å²) >= 11 is 0. The summed E-state index contributed by atoms with van der Waals surface area (Å²) < 4.78 is 52.0. The Kier molecular flexibility index (Phi) is 5.82. The number of likely N-dealkylation sites (tertiary alicyclic amines) is 1. The molecule has 0 radical (unpaired) electrons. The van der Waals surface area contributed by atoms with Gasteiger partial charge in [-0.05, 0) is 48.2 Å². The van der Waals surface area contributed by atoms with Crippen LogP contribution < -0.4 is 5.73 Å². The van der Waals surface area contributed by atoms with Crippen LogP contribution in [-0.2, 0) is 17.4 Å². The Bertz CT molecular complexity index is 1110. The van der Waals surface area contributed by atoms with E-state index in [0.717, 1.165) is 18.6 Å². The number of nitrogens with two attached hydrogens (primary N) is 1. The van der Waals surface area contributed by atoms with Crippen LogP contribution >= 0.6 is 0 Å². The average Bonchev–Trinajstić information content (AvgIpc) is 3.25. The third-order valence-corrected chi connectivity index (χ3v) is 5.52. The van der Waals surface area contributed by atoms with Crippen molar-refractivity contribution < 1.29 is 22.4 Å². The lowest BCUT2D eigenvalue weighted by atomic mass is 9.98. The van der Waals surface area contributed by atoms with E-state index in [-0.39, 0.29) is 30.1 Å². The zero-order valence-electron chi connectivity index (χ0n) is 16.9. The first-order valence-electron chi connectivity index (χ1n) is 10.1. The van der Waals surface area contributed by atoms with Gasteiger partial charge in [0, 0.05) is 18.3 Å². The van der Waals surface area contributed by atoms with Gasteiger partial charge in [-0.15, -0.1) is 0 Å². The molecule has 0 spiro atoms. The molecular weight excluding hydrogens is 424 g/mol. The number of carbonyl (C=O) groups excluding carboxylic acids is 1. The number of benzene rings is 2. The summed E-state index contributed by atoms with van der Waals surface area (Å²) in [6.45, 7) is 0.515. The lowest BCUT2D eigenvalue weighted by Gasteiger charge is -2.26. The molecule has 1 aliphatic rings. The minimum absolute atomic E-state index is 0.0218. The highest BCUT2D eigenvalue weighted by Crippen LogP contribution is 2.38. The second kappa shape index (κ2) is 8.57. The first kappa shape index (κ1) is 21.7. The molecule has 166 valence electrons. The normalized spacial score (nSPS) is 16.4. The van der Waals surface area contributed by atoms with Gasteiger partial charge in [-0.3, -0.25) is 4.79 Å². The van der Waals surface area contributed by atoms with Crippen LogP contribution in [-0.4, -0.2) is 27.3 Å². The van der Waals surface area contributed by atoms with Crippen LogP contribution in [0.15, 0.2) is 54.7 Å². The molecule has 4 rings (SSSR count). The van der Waals surface area contributed by atoms with Crippen molar-refractivity contribution in [3.8, 4) is 11.1 Å². The molecule has 1 fully saturated rings. The fourth-order valence-electron chi connectivity index (χ4n) is 3.95. The van der Waals surface area contributed by atoms with Crippen LogP contribution in [0.4, 0.5) is 23.5 Å². The van der Waals surface area contributed by atoms with Crippen LogP contribution in [0.2, 0.25) is 0 Å². The number of rotatable bonds is 4. The van der Waals surface area contributed by atoms with Crippen LogP contribution in [0.25, 0.3) is 11.1 Å². The van der Waals surface area contributed by atoms with E-state index in [0.29, 0.717) is 35.3 Å². The fraction of sp³-hybridized carbons (Fsp3) is 0.261. The van der Waals surface area contributed by atoms with Crippen molar-refractivity contribution in [3.63, 3.8) is 0 Å². The summed E-state index contributed by atoms with van der Waals surface area (Å²) in [5.41, 5.74) is 7.27. The Morgan fingerprint density at radius 2 is 1.78 bits per heavy atom. The van der Waals surface area contributed by atoms with Gasteiger partial charge in [0.05, 0.1) is 23.7 Å². The number of amides is 1. The highest BCUT2D eigenvalue weighted by molar-refractivity contribution is 5.80. The van der Waals surface area contributed by atoms with E-state index in [9.17, 15) is 22.4 Å². The second-order valence-corrected chi connectivity index (χ2v) is 7.65. The maximum absolute atomic E-state index is 13.2. The summed E-state index contributed by atoms with van der Waals surface area (Å²) in [5.74, 6) is -0.499. The van der Waals surface area contributed by atoms with Crippen molar-refractivity contribution in [2.24, 2.45) is 0 Å². The maximum Gasteiger partial charge on any atom is 0.416 e. The SMILES string of the molecule is Nc1ncc(-c2ccc(C(F)(F)F)cc2)c([C@H]2CCCN2C(=O)Cc2ccc(F)cc2)n1. The van der Waals surface area contributed by atoms with Crippen molar-refractivity contribution in [2.75, 3.05) is 12.3 Å². The number of nitrogens with zero attached hydrogens (tertiary/aromatic N) is 3. The van der Waals surface area contributed by atoms with E-state index in [2.05, 4.69) is 9.97 Å². The number of alkyl halides is 3. The molecule has 5 nitrogen and oxygen atoms in total. The van der Waals surface area contributed by atoms with Crippen LogP contribution in [0, 0.1) is 5.82 Å². The number of hydrogen-bond donors (Lipinski definition) is 1. The van der Waals surface area contributed by atoms with E-state index < -0.39 is 11.7 Å². The van der Waals surface area contributed by atoms with Gasteiger partial charge in [-0.25, -0.2) is 14.4 Å². The molecule has 1 amide bonds. The van der Waals surface area contributed by atoms with E-state index in [1.165, 1.54) is 30.5 Å². The van der Waals surface area contributed by atoms with Gasteiger partial charge in [0.25, 0.3) is 0 Å². The van der Waals surface area contributed by atoms with E-state index in [4.69, 9.17) is 5.73 Å². The third-order valence-electron chi connectivity index (χ3n) is 5.52. The Balaban J connectivity index is 1.64. The predicted molar refractivity (Wildman–Crippen MR) is 111 cm³/mol. The van der Waals surface area contributed by atoms with Gasteiger partial charge in [-0.2, -0.15) is 13.2 Å². The molecule has 1 saturated heterocycles. The third kappa shape index (κ3) is 4.56. The van der Waals surface area contributed by atoms with E-state index in [1.807, 2.05) is 0 Å². The Morgan fingerprint density at radius 3 is 2.44 bits per heavy atom. The van der Waals surface area contributed by atoms with E-state index in [1.54, 1.807) is 17.0 Å². The van der Waals surface area contributed by atoms with Gasteiger partial charge >= 0.3 is 6.18 Å². The monoisotopic (exact) mass is 444 g/mol. The van der Waals surface area contributed by atoms with Crippen molar-refractivity contribution in [1.29, 1.82) is 0 Å². The zero-order chi connectivity index (χ0) is 22.9. The highest BCUT2D eigenvalue weighted by atomic mass is 19.4. The molecule has 3 aromatic rings. The molecule has 32 heavy (non-hydrogen) atoms. The molecule has 2 heterocycles. The van der Waals surface area contributed by atoms with Crippen LogP contribution in [0.1, 0.15) is 35.7 Å². The number of anilines is 1. The molecule has 0 unspecified atom stereocenters. The van der Waals surface area contributed by atoms with Crippen LogP contribution in [0.3, 0.4) is 0 Å². The smallest absolute Gasteiger partial charge is 0.368 e. The molecule has 0 saturated carbocycles. The largest absolute Gasteiger partial charge is 0.416 e. The highest BCUT2D eigenvalue weighted by Gasteiger charge is 2.34. The van der Waals surface area contributed by atoms with Crippen molar-refractivity contribution in [3.05, 3.63) is 77.4 Å². The van der Waals surface area contributed by atoms with Gasteiger partial charge in [-0.1, -0.05) is 24.3 Å². The number of aromatic nitrogens is 2. The van der Waals surface area contributed by atoms with Gasteiger partial charge in [0.2, 0.25) is 11.9 Å². The number of hydrogen-bond acceptors (Lipinski definition) is 4. The Morgan fingerprint density at radius 1 is 1.09 bits per heavy atom. The minimum Gasteiger partial charge on any atom is -0.368 e. The lowest BCUT2D eigenvalue weighted by Crippen LogP contribution is -2.32. The molecule has 1 aromatic heterocycles. The Labute approximate surface area is 181 Å². The molecule has 0 aliphatic carbocycles. The molecular formula is C23H20F4N4O. The maximum atomic E-state index is 13.2. The molecule has 9 heteroatoms. The van der Waals surface area contributed by atoms with E-state index >= 15 is 0 Å². The molecule has 0 bridgehead atoms. The van der Waals surface area contributed by atoms with Gasteiger partial charge in [0.15, 0.2) is 0 Å². The summed E-state index contributed by atoms with van der Waals surface area (Å²) in [7, 11) is 0. The topological polar surface area (TPSA) is 72.1 Å². The van der Waals surface area contributed by atoms with Crippen molar-refractivity contribution in [2.45, 2.75) is 31.5 Å². The summed E-state index contributed by atoms with van der Waals surface area (Å²) in [5, 5.41) is 0. The Hall–Kier alpha value is -3.49. The standard InChI is InChI=1S/C23H20F4N4O/c24-17-9-3-14(4-10-17)12-20(32)31-11-1-2-19(31)21-18(13-29-22(28)30-21)15-5-7-16(8-6-15)23(25,26)27/h3-10,13,19H,1-2,11-12H2,(H2,28,29,30)/t19-/m1/s1. The van der Waals surface area contributed by atoms with Crippen LogP contribution in [0.5, 0.6) is 0 Å². The van der Waals surface area contributed by atoms with Gasteiger partial charge < -0.3 is 10.6 Å². The average molecular weight is 444 g/mol. The minimum atomic E-state index is -4.44. The van der Waals surface area contributed by atoms with Crippen molar-refractivity contribution >= 4 is 11.9 Å². The number of halogens is 4. The number of carbonyl (C=O) groups is 1. The van der Waals surface area contributed by atoms with Gasteiger partial charge in [0.1, 0.15) is 5.82 Å². The zero-order valence-corrected chi connectivity index (χ0v) is 16.9. The quantitative estimate of drug-likeness (QED) is 0.588. The molecule has 1 aliphatic heterocycles. The first-order chi connectivity index (χ1) is 15.2. The second-order valence-electron chi connectivity index (χ2n) is 7.65. The molecule has 2 N–H and O–H groups in total. The van der Waals surface area contributed by atoms with Crippen molar-refractivity contribution in [1.82, 2.24) is 14.9 Å². The molecule has 2 aromatic carbocycles. The number of nitrogen functional groups attached to an aromatic ring is 1. The summed E-state index contributed by atoms with van der Waals surface area (Å²) in [4.78, 5) is 23.1. The first-order valence-corrected chi connectivity index (χ1v) is 10.1. The molecule has 1 atom stereocenters. The summed E-state index contributed by atoms with van der Waals surface area (Å²) in [6.07, 6.45) is -1.47.